The lowest BCUT2D eigenvalue weighted by atomic mass is 9.96. The topological polar surface area (TPSA) is 42.2 Å². The minimum Gasteiger partial charge on any atom is -0.477 e. The zero-order chi connectivity index (χ0) is 14.4. The van der Waals surface area contributed by atoms with Crippen molar-refractivity contribution in [2.75, 3.05) is 0 Å². The lowest BCUT2D eigenvalue weighted by Gasteiger charge is -2.21. The Balaban J connectivity index is 2.05. The van der Waals surface area contributed by atoms with Gasteiger partial charge in [0.15, 0.2) is 0 Å². The van der Waals surface area contributed by atoms with Gasteiger partial charge in [-0.05, 0) is 29.5 Å². The van der Waals surface area contributed by atoms with Crippen LogP contribution in [-0.4, -0.2) is 15.6 Å². The zero-order valence-electron chi connectivity index (χ0n) is 11.2. The van der Waals surface area contributed by atoms with Crippen molar-refractivity contribution >= 4 is 17.3 Å². The first-order valence-electron chi connectivity index (χ1n) is 6.84. The fourth-order valence-electron chi connectivity index (χ4n) is 3.07. The van der Waals surface area contributed by atoms with Crippen molar-refractivity contribution in [3.63, 3.8) is 0 Å². The van der Waals surface area contributed by atoms with Crippen molar-refractivity contribution < 1.29 is 9.90 Å². The summed E-state index contributed by atoms with van der Waals surface area (Å²) < 4.78 is 1.94. The predicted octanol–water partition coefficient (Wildman–Crippen LogP) is 4.14. The van der Waals surface area contributed by atoms with Gasteiger partial charge in [-0.15, -0.1) is 11.3 Å². The standard InChI is InChI=1S/C17H13NO2S/c19-17(20)14-10-13(15-6-3-9-21-15)16-12-5-2-1-4-11(12)7-8-18(14)16/h1-6,9-10H,7-8H2,(H,19,20). The van der Waals surface area contributed by atoms with E-state index in [0.29, 0.717) is 5.69 Å². The summed E-state index contributed by atoms with van der Waals surface area (Å²) in [7, 11) is 0. The Morgan fingerprint density at radius 2 is 2.00 bits per heavy atom. The van der Waals surface area contributed by atoms with Crippen molar-refractivity contribution in [2.24, 2.45) is 0 Å². The Morgan fingerprint density at radius 3 is 2.76 bits per heavy atom. The van der Waals surface area contributed by atoms with Gasteiger partial charge in [0.1, 0.15) is 5.69 Å². The number of benzene rings is 1. The third-order valence-electron chi connectivity index (χ3n) is 3.98. The van der Waals surface area contributed by atoms with Gasteiger partial charge in [0, 0.05) is 22.5 Å². The molecule has 0 saturated heterocycles. The van der Waals surface area contributed by atoms with E-state index >= 15 is 0 Å². The van der Waals surface area contributed by atoms with Crippen molar-refractivity contribution in [1.29, 1.82) is 0 Å². The Bertz CT molecular complexity index is 831. The van der Waals surface area contributed by atoms with Crippen molar-refractivity contribution in [1.82, 2.24) is 4.57 Å². The van der Waals surface area contributed by atoms with Crippen LogP contribution in [0.1, 0.15) is 16.1 Å². The van der Waals surface area contributed by atoms with Crippen LogP contribution in [0.5, 0.6) is 0 Å². The van der Waals surface area contributed by atoms with Crippen LogP contribution in [0.3, 0.4) is 0 Å². The molecule has 1 aliphatic heterocycles. The largest absolute Gasteiger partial charge is 0.477 e. The van der Waals surface area contributed by atoms with Crippen LogP contribution in [0.15, 0.2) is 47.8 Å². The number of hydrogen-bond donors (Lipinski definition) is 1. The molecule has 0 unspecified atom stereocenters. The normalized spacial score (nSPS) is 12.8. The van der Waals surface area contributed by atoms with E-state index in [2.05, 4.69) is 12.1 Å². The second-order valence-electron chi connectivity index (χ2n) is 5.13. The number of aryl methyl sites for hydroxylation is 1. The molecule has 3 heterocycles. The van der Waals surface area contributed by atoms with E-state index in [9.17, 15) is 9.90 Å². The maximum absolute atomic E-state index is 11.6. The van der Waals surface area contributed by atoms with E-state index in [-0.39, 0.29) is 0 Å². The number of rotatable bonds is 2. The number of fused-ring (bicyclic) bond motifs is 3. The van der Waals surface area contributed by atoms with Gasteiger partial charge in [0.05, 0.1) is 5.69 Å². The van der Waals surface area contributed by atoms with E-state index in [1.165, 1.54) is 5.56 Å². The zero-order valence-corrected chi connectivity index (χ0v) is 12.1. The fraction of sp³-hybridized carbons (Fsp3) is 0.118. The number of aromatic nitrogens is 1. The summed E-state index contributed by atoms with van der Waals surface area (Å²) in [5.41, 5.74) is 4.88. The second kappa shape index (κ2) is 4.60. The Morgan fingerprint density at radius 1 is 1.14 bits per heavy atom. The van der Waals surface area contributed by atoms with Crippen LogP contribution in [0.4, 0.5) is 0 Å². The molecule has 0 fully saturated rings. The number of nitrogens with zero attached hydrogens (tertiary/aromatic N) is 1. The molecule has 2 aromatic heterocycles. The van der Waals surface area contributed by atoms with Crippen LogP contribution < -0.4 is 0 Å². The maximum Gasteiger partial charge on any atom is 0.352 e. The van der Waals surface area contributed by atoms with Gasteiger partial charge in [-0.3, -0.25) is 0 Å². The first-order valence-corrected chi connectivity index (χ1v) is 7.72. The number of thiophene rings is 1. The summed E-state index contributed by atoms with van der Waals surface area (Å²) in [4.78, 5) is 12.7. The molecule has 1 aromatic carbocycles. The number of carboxylic acids is 1. The van der Waals surface area contributed by atoms with Gasteiger partial charge in [-0.2, -0.15) is 0 Å². The fourth-order valence-corrected chi connectivity index (χ4v) is 3.81. The maximum atomic E-state index is 11.6. The summed E-state index contributed by atoms with van der Waals surface area (Å²) >= 11 is 1.64. The molecule has 3 aromatic rings. The second-order valence-corrected chi connectivity index (χ2v) is 6.08. The lowest BCUT2D eigenvalue weighted by molar-refractivity contribution is 0.0685. The lowest BCUT2D eigenvalue weighted by Crippen LogP contribution is -2.15. The van der Waals surface area contributed by atoms with E-state index in [0.717, 1.165) is 34.7 Å². The van der Waals surface area contributed by atoms with E-state index in [1.807, 2.05) is 40.3 Å². The minimum absolute atomic E-state index is 0.378. The molecule has 0 saturated carbocycles. The molecule has 104 valence electrons. The first kappa shape index (κ1) is 12.4. The van der Waals surface area contributed by atoms with Crippen LogP contribution in [0.25, 0.3) is 21.7 Å². The summed E-state index contributed by atoms with van der Waals surface area (Å²) in [6.45, 7) is 0.722. The summed E-state index contributed by atoms with van der Waals surface area (Å²) in [5, 5.41) is 11.5. The monoisotopic (exact) mass is 295 g/mol. The molecule has 0 radical (unpaired) electrons. The molecule has 0 spiro atoms. The van der Waals surface area contributed by atoms with Gasteiger partial charge in [-0.1, -0.05) is 30.3 Å². The number of carboxylic acid groups (broad SMARTS) is 1. The highest BCUT2D eigenvalue weighted by molar-refractivity contribution is 7.13. The Hall–Kier alpha value is -2.33. The molecule has 0 amide bonds. The molecule has 4 rings (SSSR count). The molecule has 0 aliphatic carbocycles. The van der Waals surface area contributed by atoms with Crippen molar-refractivity contribution in [3.8, 4) is 21.7 Å². The van der Waals surface area contributed by atoms with Gasteiger partial charge in [0.2, 0.25) is 0 Å². The molecule has 3 nitrogen and oxygen atoms in total. The molecule has 4 heteroatoms. The van der Waals surface area contributed by atoms with Crippen LogP contribution >= 0.6 is 11.3 Å². The van der Waals surface area contributed by atoms with Crippen molar-refractivity contribution in [2.45, 2.75) is 13.0 Å². The van der Waals surface area contributed by atoms with Crippen LogP contribution in [-0.2, 0) is 13.0 Å². The Kier molecular flexibility index (Phi) is 2.72. The summed E-state index contributed by atoms with van der Waals surface area (Å²) in [6, 6.07) is 14.1. The molecule has 0 atom stereocenters. The predicted molar refractivity (Wildman–Crippen MR) is 83.8 cm³/mol. The molecule has 21 heavy (non-hydrogen) atoms. The highest BCUT2D eigenvalue weighted by Crippen LogP contribution is 2.41. The van der Waals surface area contributed by atoms with Gasteiger partial charge in [0.25, 0.3) is 0 Å². The average molecular weight is 295 g/mol. The molecule has 1 aliphatic rings. The number of hydrogen-bond acceptors (Lipinski definition) is 2. The van der Waals surface area contributed by atoms with E-state index in [1.54, 1.807) is 11.3 Å². The van der Waals surface area contributed by atoms with Crippen LogP contribution in [0, 0.1) is 0 Å². The van der Waals surface area contributed by atoms with Gasteiger partial charge >= 0.3 is 5.97 Å². The molecular weight excluding hydrogens is 282 g/mol. The molecule has 1 N–H and O–H groups in total. The summed E-state index contributed by atoms with van der Waals surface area (Å²) in [5.74, 6) is -0.863. The summed E-state index contributed by atoms with van der Waals surface area (Å²) in [6.07, 6.45) is 0.877. The van der Waals surface area contributed by atoms with E-state index < -0.39 is 5.97 Å². The molecular formula is C17H13NO2S. The SMILES string of the molecule is O=C(O)c1cc(-c2cccs2)c2n1CCc1ccccc1-2. The number of aromatic carboxylic acids is 1. The third-order valence-corrected chi connectivity index (χ3v) is 4.88. The highest BCUT2D eigenvalue weighted by atomic mass is 32.1. The minimum atomic E-state index is -0.863. The average Bonchev–Trinajstić information content (AvgIpc) is 3.14. The van der Waals surface area contributed by atoms with Crippen LogP contribution in [0.2, 0.25) is 0 Å². The van der Waals surface area contributed by atoms with Crippen molar-refractivity contribution in [3.05, 3.63) is 59.1 Å². The third kappa shape index (κ3) is 1.83. The van der Waals surface area contributed by atoms with E-state index in [4.69, 9.17) is 0 Å². The smallest absolute Gasteiger partial charge is 0.352 e. The highest BCUT2D eigenvalue weighted by Gasteiger charge is 2.26. The molecule has 0 bridgehead atoms. The number of carbonyl (C=O) groups is 1. The first-order chi connectivity index (χ1) is 10.3. The quantitative estimate of drug-likeness (QED) is 0.772. The van der Waals surface area contributed by atoms with Gasteiger partial charge in [-0.25, -0.2) is 4.79 Å². The van der Waals surface area contributed by atoms with Gasteiger partial charge < -0.3 is 9.67 Å². The Labute approximate surface area is 126 Å².